The summed E-state index contributed by atoms with van der Waals surface area (Å²) in [6, 6.07) is 7.06. The summed E-state index contributed by atoms with van der Waals surface area (Å²) in [5.41, 5.74) is 1.47. The van der Waals surface area contributed by atoms with Gasteiger partial charge in [-0.25, -0.2) is 8.42 Å². The van der Waals surface area contributed by atoms with Crippen LogP contribution in [0.25, 0.3) is 11.4 Å². The van der Waals surface area contributed by atoms with Crippen LogP contribution in [0.15, 0.2) is 38.4 Å². The van der Waals surface area contributed by atoms with Crippen LogP contribution in [0.2, 0.25) is 0 Å². The Bertz CT molecular complexity index is 1290. The maximum Gasteiger partial charge on any atom is 0.252 e. The van der Waals surface area contributed by atoms with Crippen molar-refractivity contribution in [3.63, 3.8) is 0 Å². The lowest BCUT2D eigenvalue weighted by Crippen LogP contribution is -2.45. The first kappa shape index (κ1) is 21.9. The molecule has 2 aliphatic heterocycles. The topological polar surface area (TPSA) is 124 Å². The largest absolute Gasteiger partial charge is 0.454 e. The smallest absolute Gasteiger partial charge is 0.252 e. The van der Waals surface area contributed by atoms with Gasteiger partial charge in [0.15, 0.2) is 11.5 Å². The molecule has 1 atom stereocenters. The van der Waals surface area contributed by atoms with E-state index in [4.69, 9.17) is 14.0 Å². The van der Waals surface area contributed by atoms with Gasteiger partial charge in [0.25, 0.3) is 10.0 Å². The first-order valence-corrected chi connectivity index (χ1v) is 12.8. The molecule has 4 heterocycles. The third-order valence-corrected chi connectivity index (χ3v) is 8.89. The molecule has 0 radical (unpaired) electrons. The molecule has 0 saturated carbocycles. The Balaban J connectivity index is 1.23. The minimum Gasteiger partial charge on any atom is -0.454 e. The standard InChI is InChI=1S/C21H22N4O6S2/c1-13-23-20(24-31-13)16-8-19(32-11-16)33(27,28)25-6-2-3-15(10-25)21(26)22-9-14-4-5-17-18(7-14)30-12-29-17/h4-5,7-8,11,15H,2-3,6,9-10,12H2,1H3,(H,22,26)/t15-/m1/s1. The second-order valence-corrected chi connectivity index (χ2v) is 11.0. The summed E-state index contributed by atoms with van der Waals surface area (Å²) in [5.74, 6) is 1.52. The van der Waals surface area contributed by atoms with Crippen LogP contribution in [0.5, 0.6) is 11.5 Å². The van der Waals surface area contributed by atoms with Crippen molar-refractivity contribution in [2.45, 2.75) is 30.5 Å². The van der Waals surface area contributed by atoms with Gasteiger partial charge in [-0.2, -0.15) is 9.29 Å². The number of thiophene rings is 1. The average molecular weight is 491 g/mol. The number of hydrogen-bond acceptors (Lipinski definition) is 9. The van der Waals surface area contributed by atoms with E-state index < -0.39 is 15.9 Å². The fraction of sp³-hybridized carbons (Fsp3) is 0.381. The molecule has 2 aromatic heterocycles. The molecule has 0 bridgehead atoms. The number of fused-ring (bicyclic) bond motifs is 1. The Morgan fingerprint density at radius 3 is 2.94 bits per heavy atom. The maximum atomic E-state index is 13.2. The number of aryl methyl sites for hydroxylation is 1. The number of carbonyl (C=O) groups is 1. The molecular formula is C21H22N4O6S2. The number of aromatic nitrogens is 2. The minimum atomic E-state index is -3.73. The zero-order valence-electron chi connectivity index (χ0n) is 17.8. The molecule has 0 spiro atoms. The molecule has 33 heavy (non-hydrogen) atoms. The van der Waals surface area contributed by atoms with Crippen LogP contribution in [-0.2, 0) is 21.4 Å². The summed E-state index contributed by atoms with van der Waals surface area (Å²) >= 11 is 1.11. The van der Waals surface area contributed by atoms with Gasteiger partial charge in [0.1, 0.15) is 4.21 Å². The van der Waals surface area contributed by atoms with E-state index in [0.29, 0.717) is 54.7 Å². The summed E-state index contributed by atoms with van der Waals surface area (Å²) in [7, 11) is -3.73. The van der Waals surface area contributed by atoms with Crippen LogP contribution in [0.3, 0.4) is 0 Å². The maximum absolute atomic E-state index is 13.2. The van der Waals surface area contributed by atoms with E-state index in [0.717, 1.165) is 16.9 Å². The Labute approximate surface area is 194 Å². The molecule has 1 fully saturated rings. The van der Waals surface area contributed by atoms with Crippen molar-refractivity contribution in [3.8, 4) is 22.9 Å². The Kier molecular flexibility index (Phi) is 5.81. The number of ether oxygens (including phenoxy) is 2. The molecule has 10 nitrogen and oxygen atoms in total. The predicted octanol–water partition coefficient (Wildman–Crippen LogP) is 2.55. The van der Waals surface area contributed by atoms with E-state index in [1.165, 1.54) is 4.31 Å². The van der Waals surface area contributed by atoms with Gasteiger partial charge in [0.2, 0.25) is 24.4 Å². The summed E-state index contributed by atoms with van der Waals surface area (Å²) < 4.78 is 43.6. The summed E-state index contributed by atoms with van der Waals surface area (Å²) in [4.78, 5) is 16.9. The van der Waals surface area contributed by atoms with Gasteiger partial charge in [-0.05, 0) is 36.6 Å². The highest BCUT2D eigenvalue weighted by atomic mass is 32.2. The second kappa shape index (κ2) is 8.76. The summed E-state index contributed by atoms with van der Waals surface area (Å²) in [6.45, 7) is 2.72. The highest BCUT2D eigenvalue weighted by Gasteiger charge is 2.34. The lowest BCUT2D eigenvalue weighted by atomic mass is 9.98. The van der Waals surface area contributed by atoms with Crippen molar-refractivity contribution in [3.05, 3.63) is 41.1 Å². The van der Waals surface area contributed by atoms with Crippen molar-refractivity contribution >= 4 is 27.3 Å². The SMILES string of the molecule is Cc1nc(-c2csc(S(=O)(=O)N3CCC[C@@H](C(=O)NCc4ccc5c(c4)OCO5)C3)c2)no1. The zero-order valence-corrected chi connectivity index (χ0v) is 19.4. The zero-order chi connectivity index (χ0) is 23.0. The van der Waals surface area contributed by atoms with Crippen molar-refractivity contribution in [2.24, 2.45) is 5.92 Å². The number of piperidine rings is 1. The van der Waals surface area contributed by atoms with E-state index in [2.05, 4.69) is 15.5 Å². The van der Waals surface area contributed by atoms with Crippen molar-refractivity contribution in [1.82, 2.24) is 19.8 Å². The highest BCUT2D eigenvalue weighted by molar-refractivity contribution is 7.91. The molecule has 0 aliphatic carbocycles. The van der Waals surface area contributed by atoms with Crippen LogP contribution in [-0.4, -0.2) is 48.7 Å². The van der Waals surface area contributed by atoms with Crippen molar-refractivity contribution < 1.29 is 27.2 Å². The third-order valence-electron chi connectivity index (χ3n) is 5.61. The van der Waals surface area contributed by atoms with Gasteiger partial charge < -0.3 is 19.3 Å². The number of nitrogens with zero attached hydrogens (tertiary/aromatic N) is 3. The lowest BCUT2D eigenvalue weighted by Gasteiger charge is -2.30. The van der Waals surface area contributed by atoms with Crippen LogP contribution >= 0.6 is 11.3 Å². The summed E-state index contributed by atoms with van der Waals surface area (Å²) in [5, 5.41) is 8.45. The molecular weight excluding hydrogens is 468 g/mol. The molecule has 2 aliphatic rings. The lowest BCUT2D eigenvalue weighted by molar-refractivity contribution is -0.126. The van der Waals surface area contributed by atoms with Gasteiger partial charge in [-0.1, -0.05) is 11.2 Å². The molecule has 174 valence electrons. The predicted molar refractivity (Wildman–Crippen MR) is 118 cm³/mol. The fourth-order valence-electron chi connectivity index (χ4n) is 3.87. The van der Waals surface area contributed by atoms with Gasteiger partial charge in [-0.15, -0.1) is 11.3 Å². The fourth-order valence-corrected chi connectivity index (χ4v) is 6.71. The van der Waals surface area contributed by atoms with Gasteiger partial charge in [0.05, 0.1) is 5.92 Å². The van der Waals surface area contributed by atoms with E-state index in [1.54, 1.807) is 18.4 Å². The van der Waals surface area contributed by atoms with Crippen LogP contribution in [0.1, 0.15) is 24.3 Å². The van der Waals surface area contributed by atoms with Crippen LogP contribution in [0, 0.1) is 12.8 Å². The first-order valence-electron chi connectivity index (χ1n) is 10.5. The second-order valence-electron chi connectivity index (χ2n) is 7.90. The van der Waals surface area contributed by atoms with Crippen molar-refractivity contribution in [2.75, 3.05) is 19.9 Å². The first-order chi connectivity index (χ1) is 15.9. The molecule has 5 rings (SSSR count). The van der Waals surface area contributed by atoms with E-state index in [1.807, 2.05) is 18.2 Å². The Hall–Kier alpha value is -2.96. The van der Waals surface area contributed by atoms with Crippen LogP contribution in [0.4, 0.5) is 0 Å². The number of nitrogens with one attached hydrogen (secondary N) is 1. The molecule has 1 saturated heterocycles. The van der Waals surface area contributed by atoms with Gasteiger partial charge in [0, 0.05) is 37.5 Å². The Morgan fingerprint density at radius 2 is 2.12 bits per heavy atom. The molecule has 12 heteroatoms. The third kappa shape index (κ3) is 4.45. The Morgan fingerprint density at radius 1 is 1.27 bits per heavy atom. The number of carbonyl (C=O) groups excluding carboxylic acids is 1. The molecule has 3 aromatic rings. The molecule has 1 amide bonds. The van der Waals surface area contributed by atoms with E-state index in [9.17, 15) is 13.2 Å². The van der Waals surface area contributed by atoms with E-state index in [-0.39, 0.29) is 23.5 Å². The average Bonchev–Trinajstić information content (AvgIpc) is 3.57. The number of hydrogen-bond donors (Lipinski definition) is 1. The molecule has 0 unspecified atom stereocenters. The number of rotatable bonds is 6. The van der Waals surface area contributed by atoms with E-state index >= 15 is 0 Å². The molecule has 1 N–H and O–H groups in total. The number of benzene rings is 1. The van der Waals surface area contributed by atoms with Crippen molar-refractivity contribution in [1.29, 1.82) is 0 Å². The van der Waals surface area contributed by atoms with Gasteiger partial charge >= 0.3 is 0 Å². The summed E-state index contributed by atoms with van der Waals surface area (Å²) in [6.07, 6.45) is 1.25. The monoisotopic (exact) mass is 490 g/mol. The normalized spacial score (nSPS) is 18.4. The minimum absolute atomic E-state index is 0.143. The molecule has 1 aromatic carbocycles. The van der Waals surface area contributed by atoms with Gasteiger partial charge in [-0.3, -0.25) is 4.79 Å². The van der Waals surface area contributed by atoms with Crippen LogP contribution < -0.4 is 14.8 Å². The quantitative estimate of drug-likeness (QED) is 0.559. The highest BCUT2D eigenvalue weighted by Crippen LogP contribution is 2.33. The number of sulfonamides is 1. The number of amides is 1.